The van der Waals surface area contributed by atoms with Gasteiger partial charge in [-0.3, -0.25) is 4.79 Å². The number of nitrogens with zero attached hydrogens (tertiary/aromatic N) is 3. The molecule has 0 aliphatic carbocycles. The van der Waals surface area contributed by atoms with Crippen LogP contribution >= 0.6 is 0 Å². The van der Waals surface area contributed by atoms with E-state index in [0.29, 0.717) is 12.6 Å². The third-order valence-corrected chi connectivity index (χ3v) is 4.54. The predicted molar refractivity (Wildman–Crippen MR) is 99.6 cm³/mol. The zero-order chi connectivity index (χ0) is 18.0. The molecule has 25 heavy (non-hydrogen) atoms. The molecule has 3 rings (SSSR count). The molecule has 1 N–H and O–H groups in total. The summed E-state index contributed by atoms with van der Waals surface area (Å²) < 4.78 is 7.30. The van der Waals surface area contributed by atoms with E-state index in [1.165, 1.54) is 6.92 Å². The van der Waals surface area contributed by atoms with Crippen LogP contribution in [0, 0.1) is 13.8 Å². The number of benzene rings is 1. The molecule has 0 unspecified atom stereocenters. The zero-order valence-electron chi connectivity index (χ0n) is 15.4. The van der Waals surface area contributed by atoms with Crippen molar-refractivity contribution in [2.45, 2.75) is 39.7 Å². The first-order chi connectivity index (χ1) is 12.0. The summed E-state index contributed by atoms with van der Waals surface area (Å²) in [7, 11) is 1.74. The molecule has 0 spiro atoms. The minimum Gasteiger partial charge on any atom is -0.383 e. The van der Waals surface area contributed by atoms with E-state index >= 15 is 0 Å². The van der Waals surface area contributed by atoms with Crippen LogP contribution in [0.5, 0.6) is 0 Å². The van der Waals surface area contributed by atoms with E-state index in [9.17, 15) is 4.79 Å². The maximum atomic E-state index is 11.6. The van der Waals surface area contributed by atoms with Crippen molar-refractivity contribution in [2.24, 2.45) is 0 Å². The van der Waals surface area contributed by atoms with Crippen molar-refractivity contribution in [3.05, 3.63) is 35.7 Å². The van der Waals surface area contributed by atoms with Crippen LogP contribution in [0.4, 0.5) is 11.4 Å². The van der Waals surface area contributed by atoms with E-state index < -0.39 is 0 Å². The number of hydrogen-bond acceptors (Lipinski definition) is 4. The molecule has 6 nitrogen and oxygen atoms in total. The van der Waals surface area contributed by atoms with Gasteiger partial charge in [0.05, 0.1) is 24.0 Å². The van der Waals surface area contributed by atoms with Gasteiger partial charge in [0.2, 0.25) is 5.91 Å². The van der Waals surface area contributed by atoms with Gasteiger partial charge in [-0.15, -0.1) is 0 Å². The fourth-order valence-corrected chi connectivity index (χ4v) is 3.59. The molecule has 1 aromatic carbocycles. The Kier molecular flexibility index (Phi) is 5.08. The first-order valence-corrected chi connectivity index (χ1v) is 8.70. The molecule has 2 aromatic rings. The number of carbonyl (C=O) groups excluding carboxylic acids is 1. The molecule has 1 aliphatic rings. The van der Waals surface area contributed by atoms with Gasteiger partial charge in [-0.1, -0.05) is 0 Å². The quantitative estimate of drug-likeness (QED) is 0.907. The number of methoxy groups -OCH3 is 1. The van der Waals surface area contributed by atoms with E-state index in [0.717, 1.165) is 47.8 Å². The third-order valence-electron chi connectivity index (χ3n) is 4.54. The summed E-state index contributed by atoms with van der Waals surface area (Å²) in [5.41, 5.74) is 4.87. The van der Waals surface area contributed by atoms with Crippen LogP contribution in [0.1, 0.15) is 31.2 Å². The summed E-state index contributed by atoms with van der Waals surface area (Å²) in [6.07, 6.45) is 2.26. The fraction of sp³-hybridized carbons (Fsp3) is 0.474. The molecule has 0 radical (unpaired) electrons. The van der Waals surface area contributed by atoms with Crippen molar-refractivity contribution >= 4 is 17.3 Å². The van der Waals surface area contributed by atoms with E-state index in [1.54, 1.807) is 7.11 Å². The lowest BCUT2D eigenvalue weighted by Gasteiger charge is -2.27. The summed E-state index contributed by atoms with van der Waals surface area (Å²) in [6.45, 7) is 7.25. The Morgan fingerprint density at radius 2 is 2.04 bits per heavy atom. The maximum absolute atomic E-state index is 11.6. The Morgan fingerprint density at radius 3 is 2.68 bits per heavy atom. The summed E-state index contributed by atoms with van der Waals surface area (Å²) in [6, 6.07) is 8.55. The molecular weight excluding hydrogens is 316 g/mol. The van der Waals surface area contributed by atoms with Crippen molar-refractivity contribution in [1.29, 1.82) is 0 Å². The maximum Gasteiger partial charge on any atom is 0.221 e. The number of ether oxygens (including phenoxy) is 1. The first kappa shape index (κ1) is 17.5. The molecular formula is C19H26N4O2. The molecule has 1 aromatic heterocycles. The molecule has 1 aliphatic heterocycles. The number of rotatable bonds is 5. The minimum absolute atomic E-state index is 0.0775. The van der Waals surface area contributed by atoms with Crippen LogP contribution in [0.2, 0.25) is 0 Å². The lowest BCUT2D eigenvalue weighted by Crippen LogP contribution is -2.32. The highest BCUT2D eigenvalue weighted by molar-refractivity contribution is 5.89. The number of carbonyl (C=O) groups is 1. The molecule has 6 heteroatoms. The van der Waals surface area contributed by atoms with Crippen LogP contribution in [-0.4, -0.2) is 42.0 Å². The monoisotopic (exact) mass is 342 g/mol. The van der Waals surface area contributed by atoms with Crippen molar-refractivity contribution < 1.29 is 9.53 Å². The second kappa shape index (κ2) is 7.27. The average molecular weight is 342 g/mol. The second-order valence-electron chi connectivity index (χ2n) is 6.70. The Hall–Kier alpha value is -2.34. The first-order valence-electron chi connectivity index (χ1n) is 8.70. The van der Waals surface area contributed by atoms with Gasteiger partial charge in [0.1, 0.15) is 0 Å². The molecule has 1 fully saturated rings. The largest absolute Gasteiger partial charge is 0.383 e. The van der Waals surface area contributed by atoms with Crippen LogP contribution < -0.4 is 10.2 Å². The number of anilines is 2. The molecule has 0 saturated carbocycles. The molecule has 1 amide bonds. The Morgan fingerprint density at radius 1 is 1.28 bits per heavy atom. The standard InChI is InChI=1S/C19H26N4O2/c1-13-8-14(2)23(21-13)19-10-16(20-15(3)24)9-18(11-19)22-7-5-6-17(22)12-25-4/h8-11,17H,5-7,12H2,1-4H3,(H,20,24)/t17-/m1/s1. The third kappa shape index (κ3) is 3.85. The molecule has 2 heterocycles. The zero-order valence-corrected chi connectivity index (χ0v) is 15.4. The molecule has 0 bridgehead atoms. The Bertz CT molecular complexity index is 769. The smallest absolute Gasteiger partial charge is 0.221 e. The van der Waals surface area contributed by atoms with E-state index in [1.807, 2.05) is 36.7 Å². The lowest BCUT2D eigenvalue weighted by molar-refractivity contribution is -0.114. The highest BCUT2D eigenvalue weighted by Crippen LogP contribution is 2.31. The van der Waals surface area contributed by atoms with E-state index in [4.69, 9.17) is 4.74 Å². The van der Waals surface area contributed by atoms with Gasteiger partial charge >= 0.3 is 0 Å². The van der Waals surface area contributed by atoms with Crippen LogP contribution in [0.3, 0.4) is 0 Å². The van der Waals surface area contributed by atoms with Gasteiger partial charge < -0.3 is 15.0 Å². The van der Waals surface area contributed by atoms with Crippen molar-refractivity contribution in [2.75, 3.05) is 30.5 Å². The van der Waals surface area contributed by atoms with Crippen LogP contribution in [-0.2, 0) is 9.53 Å². The van der Waals surface area contributed by atoms with E-state index in [-0.39, 0.29) is 5.91 Å². The van der Waals surface area contributed by atoms with E-state index in [2.05, 4.69) is 21.4 Å². The lowest BCUT2D eigenvalue weighted by atomic mass is 10.2. The SMILES string of the molecule is COC[C@H]1CCCN1c1cc(NC(C)=O)cc(-n2nc(C)cc2C)c1. The van der Waals surface area contributed by atoms with Crippen molar-refractivity contribution in [3.8, 4) is 5.69 Å². The normalized spacial score (nSPS) is 17.1. The summed E-state index contributed by atoms with van der Waals surface area (Å²) in [5, 5.41) is 7.50. The summed E-state index contributed by atoms with van der Waals surface area (Å²) in [4.78, 5) is 13.9. The average Bonchev–Trinajstić information content (AvgIpc) is 3.13. The van der Waals surface area contributed by atoms with Gasteiger partial charge in [0, 0.05) is 37.6 Å². The second-order valence-corrected chi connectivity index (χ2v) is 6.70. The summed E-state index contributed by atoms with van der Waals surface area (Å²) >= 11 is 0. The van der Waals surface area contributed by atoms with Gasteiger partial charge in [0.25, 0.3) is 0 Å². The van der Waals surface area contributed by atoms with Crippen molar-refractivity contribution in [3.63, 3.8) is 0 Å². The van der Waals surface area contributed by atoms with Gasteiger partial charge in [-0.25, -0.2) is 4.68 Å². The highest BCUT2D eigenvalue weighted by Gasteiger charge is 2.25. The number of aromatic nitrogens is 2. The minimum atomic E-state index is -0.0775. The number of amides is 1. The number of hydrogen-bond donors (Lipinski definition) is 1. The highest BCUT2D eigenvalue weighted by atomic mass is 16.5. The summed E-state index contributed by atoms with van der Waals surface area (Å²) in [5.74, 6) is -0.0775. The number of aryl methyl sites for hydroxylation is 2. The Balaban J connectivity index is 2.04. The fourth-order valence-electron chi connectivity index (χ4n) is 3.59. The molecule has 1 saturated heterocycles. The van der Waals surface area contributed by atoms with Gasteiger partial charge in [0.15, 0.2) is 0 Å². The Labute approximate surface area is 148 Å². The van der Waals surface area contributed by atoms with Gasteiger partial charge in [-0.05, 0) is 51.0 Å². The van der Waals surface area contributed by atoms with Crippen LogP contribution in [0.25, 0.3) is 5.69 Å². The predicted octanol–water partition coefficient (Wildman–Crippen LogP) is 3.06. The molecule has 134 valence electrons. The molecule has 1 atom stereocenters. The number of nitrogens with one attached hydrogen (secondary N) is 1. The topological polar surface area (TPSA) is 59.4 Å². The van der Waals surface area contributed by atoms with Crippen LogP contribution in [0.15, 0.2) is 24.3 Å². The van der Waals surface area contributed by atoms with Gasteiger partial charge in [-0.2, -0.15) is 5.10 Å². The van der Waals surface area contributed by atoms with Crippen molar-refractivity contribution in [1.82, 2.24) is 9.78 Å².